The summed E-state index contributed by atoms with van der Waals surface area (Å²) in [6.07, 6.45) is 2.09. The van der Waals surface area contributed by atoms with Gasteiger partial charge in [-0.2, -0.15) is 0 Å². The molecule has 2 heterocycles. The molecule has 0 saturated carbocycles. The predicted molar refractivity (Wildman–Crippen MR) is 78.8 cm³/mol. The third kappa shape index (κ3) is 2.56. The van der Waals surface area contributed by atoms with Crippen LogP contribution in [0.15, 0.2) is 22.8 Å². The molecule has 4 heteroatoms. The highest BCUT2D eigenvalue weighted by molar-refractivity contribution is 5.88. The van der Waals surface area contributed by atoms with Gasteiger partial charge in [0.25, 0.3) is 0 Å². The highest BCUT2D eigenvalue weighted by Crippen LogP contribution is 2.25. The number of fused-ring (bicyclic) bond motifs is 1. The molecule has 0 aliphatic carbocycles. The number of carbonyl (C=O) groups is 1. The van der Waals surface area contributed by atoms with E-state index < -0.39 is 0 Å². The molecule has 0 unspecified atom stereocenters. The van der Waals surface area contributed by atoms with Crippen LogP contribution in [-0.4, -0.2) is 25.5 Å². The van der Waals surface area contributed by atoms with E-state index in [4.69, 9.17) is 4.42 Å². The summed E-state index contributed by atoms with van der Waals surface area (Å²) in [5, 5.41) is 7.24. The average molecular weight is 272 g/mol. The van der Waals surface area contributed by atoms with E-state index in [1.54, 1.807) is 6.26 Å². The number of aryl methyl sites for hydroxylation is 2. The second-order valence-corrected chi connectivity index (χ2v) is 5.70. The molecule has 0 radical (unpaired) electrons. The lowest BCUT2D eigenvalue weighted by molar-refractivity contribution is -0.120. The summed E-state index contributed by atoms with van der Waals surface area (Å²) in [6, 6.07) is 4.14. The molecule has 2 N–H and O–H groups in total. The van der Waals surface area contributed by atoms with Gasteiger partial charge in [0.1, 0.15) is 5.58 Å². The number of hydrogen-bond acceptors (Lipinski definition) is 3. The third-order valence-electron chi connectivity index (χ3n) is 4.07. The van der Waals surface area contributed by atoms with Crippen molar-refractivity contribution in [3.63, 3.8) is 0 Å². The summed E-state index contributed by atoms with van der Waals surface area (Å²) in [5.74, 6) is 0.655. The largest absolute Gasteiger partial charge is 0.464 e. The molecule has 1 aromatic heterocycles. The predicted octanol–water partition coefficient (Wildman–Crippen LogP) is 1.93. The molecular weight excluding hydrogens is 252 g/mol. The van der Waals surface area contributed by atoms with Crippen LogP contribution in [0.2, 0.25) is 0 Å². The Morgan fingerprint density at radius 1 is 1.35 bits per heavy atom. The van der Waals surface area contributed by atoms with Gasteiger partial charge in [-0.05, 0) is 37.1 Å². The van der Waals surface area contributed by atoms with Crippen LogP contribution in [0.25, 0.3) is 11.0 Å². The molecular formula is C16H20N2O2. The minimum Gasteiger partial charge on any atom is -0.464 e. The van der Waals surface area contributed by atoms with E-state index in [1.165, 1.54) is 11.1 Å². The van der Waals surface area contributed by atoms with Crippen LogP contribution < -0.4 is 10.6 Å². The third-order valence-corrected chi connectivity index (χ3v) is 4.07. The fraction of sp³-hybridized carbons (Fsp3) is 0.438. The molecule has 4 nitrogen and oxygen atoms in total. The monoisotopic (exact) mass is 272 g/mol. The van der Waals surface area contributed by atoms with E-state index in [0.29, 0.717) is 12.3 Å². The Balaban J connectivity index is 1.70. The number of furan rings is 1. The zero-order valence-corrected chi connectivity index (χ0v) is 12.0. The molecule has 2 aromatic rings. The molecule has 0 spiro atoms. The van der Waals surface area contributed by atoms with E-state index in [0.717, 1.165) is 36.2 Å². The fourth-order valence-corrected chi connectivity index (χ4v) is 2.46. The van der Waals surface area contributed by atoms with Gasteiger partial charge in [0.05, 0.1) is 12.7 Å². The first kappa shape index (κ1) is 13.2. The second-order valence-electron chi connectivity index (χ2n) is 5.70. The van der Waals surface area contributed by atoms with Gasteiger partial charge in [-0.3, -0.25) is 4.79 Å². The van der Waals surface area contributed by atoms with Crippen molar-refractivity contribution in [1.82, 2.24) is 10.6 Å². The van der Waals surface area contributed by atoms with Crippen LogP contribution in [0.1, 0.15) is 16.7 Å². The number of hydrogen-bond donors (Lipinski definition) is 2. The Morgan fingerprint density at radius 3 is 2.80 bits per heavy atom. The van der Waals surface area contributed by atoms with E-state index in [-0.39, 0.29) is 5.91 Å². The lowest BCUT2D eigenvalue weighted by atomic mass is 10.0. The smallest absolute Gasteiger partial charge is 0.224 e. The summed E-state index contributed by atoms with van der Waals surface area (Å²) in [6.45, 7) is 6.92. The molecule has 20 heavy (non-hydrogen) atoms. The van der Waals surface area contributed by atoms with Gasteiger partial charge in [-0.25, -0.2) is 0 Å². The lowest BCUT2D eigenvalue weighted by Gasteiger charge is -2.27. The number of rotatable bonds is 4. The van der Waals surface area contributed by atoms with Gasteiger partial charge in [-0.15, -0.1) is 0 Å². The Kier molecular flexibility index (Phi) is 3.49. The van der Waals surface area contributed by atoms with Crippen molar-refractivity contribution >= 4 is 16.9 Å². The Bertz CT molecular complexity index is 641. The van der Waals surface area contributed by atoms with Gasteiger partial charge in [0.15, 0.2) is 0 Å². The van der Waals surface area contributed by atoms with Crippen molar-refractivity contribution in [3.8, 4) is 0 Å². The van der Waals surface area contributed by atoms with Crippen molar-refractivity contribution in [1.29, 1.82) is 0 Å². The molecule has 1 aliphatic rings. The summed E-state index contributed by atoms with van der Waals surface area (Å²) >= 11 is 0. The number of carbonyl (C=O) groups excluding carboxylic acids is 1. The first-order valence-corrected chi connectivity index (χ1v) is 7.08. The maximum Gasteiger partial charge on any atom is 0.224 e. The van der Waals surface area contributed by atoms with Crippen molar-refractivity contribution in [2.75, 3.05) is 19.6 Å². The summed E-state index contributed by atoms with van der Waals surface area (Å²) in [7, 11) is 0. The van der Waals surface area contributed by atoms with Crippen molar-refractivity contribution in [2.45, 2.75) is 20.3 Å². The minimum absolute atomic E-state index is 0.0674. The lowest BCUT2D eigenvalue weighted by Crippen LogP contribution is -2.48. The van der Waals surface area contributed by atoms with E-state index in [9.17, 15) is 4.79 Å². The van der Waals surface area contributed by atoms with Gasteiger partial charge in [0, 0.05) is 36.5 Å². The number of amides is 1. The highest BCUT2D eigenvalue weighted by Gasteiger charge is 2.18. The zero-order chi connectivity index (χ0) is 14.1. The van der Waals surface area contributed by atoms with Crippen molar-refractivity contribution in [3.05, 3.63) is 35.1 Å². The van der Waals surface area contributed by atoms with Crippen molar-refractivity contribution < 1.29 is 9.21 Å². The second kappa shape index (κ2) is 5.29. The Labute approximate surface area is 118 Å². The standard InChI is InChI=1S/C16H20N2O2/c1-10-3-14-13(9-20-15(14)4-11(10)2)5-16(19)18-8-12-6-17-7-12/h3-4,9,12,17H,5-8H2,1-2H3,(H,18,19). The van der Waals surface area contributed by atoms with Crippen LogP contribution >= 0.6 is 0 Å². The molecule has 0 bridgehead atoms. The summed E-state index contributed by atoms with van der Waals surface area (Å²) < 4.78 is 5.55. The first-order chi connectivity index (χ1) is 9.63. The topological polar surface area (TPSA) is 54.3 Å². The van der Waals surface area contributed by atoms with Crippen LogP contribution in [-0.2, 0) is 11.2 Å². The molecule has 1 amide bonds. The molecule has 3 rings (SSSR count). The van der Waals surface area contributed by atoms with Gasteiger partial charge in [0.2, 0.25) is 5.91 Å². The quantitative estimate of drug-likeness (QED) is 0.894. The van der Waals surface area contributed by atoms with Crippen LogP contribution in [0.5, 0.6) is 0 Å². The van der Waals surface area contributed by atoms with Gasteiger partial charge < -0.3 is 15.1 Å². The van der Waals surface area contributed by atoms with Crippen molar-refractivity contribution in [2.24, 2.45) is 5.92 Å². The minimum atomic E-state index is 0.0674. The van der Waals surface area contributed by atoms with Crippen LogP contribution in [0.4, 0.5) is 0 Å². The summed E-state index contributed by atoms with van der Waals surface area (Å²) in [5.41, 5.74) is 4.26. The maximum absolute atomic E-state index is 12.0. The Hall–Kier alpha value is -1.81. The van der Waals surface area contributed by atoms with E-state index >= 15 is 0 Å². The maximum atomic E-state index is 12.0. The molecule has 0 atom stereocenters. The van der Waals surface area contributed by atoms with Crippen LogP contribution in [0.3, 0.4) is 0 Å². The molecule has 1 saturated heterocycles. The molecule has 1 fully saturated rings. The molecule has 1 aromatic carbocycles. The fourth-order valence-electron chi connectivity index (χ4n) is 2.46. The molecule has 1 aliphatic heterocycles. The van der Waals surface area contributed by atoms with E-state index in [2.05, 4.69) is 30.5 Å². The SMILES string of the molecule is Cc1cc2occ(CC(=O)NCC3CNC3)c2cc1C. The van der Waals surface area contributed by atoms with Gasteiger partial charge >= 0.3 is 0 Å². The number of nitrogens with one attached hydrogen (secondary N) is 2. The Morgan fingerprint density at radius 2 is 2.10 bits per heavy atom. The zero-order valence-electron chi connectivity index (χ0n) is 12.0. The molecule has 106 valence electrons. The summed E-state index contributed by atoms with van der Waals surface area (Å²) in [4.78, 5) is 12.0. The average Bonchev–Trinajstić information content (AvgIpc) is 2.71. The van der Waals surface area contributed by atoms with E-state index in [1.807, 2.05) is 6.07 Å². The normalized spacial score (nSPS) is 15.3. The van der Waals surface area contributed by atoms with Crippen LogP contribution in [0, 0.1) is 19.8 Å². The number of benzene rings is 1. The van der Waals surface area contributed by atoms with Gasteiger partial charge in [-0.1, -0.05) is 0 Å². The first-order valence-electron chi connectivity index (χ1n) is 7.08. The highest BCUT2D eigenvalue weighted by atomic mass is 16.3.